The van der Waals surface area contributed by atoms with Gasteiger partial charge in [-0.25, -0.2) is 4.98 Å². The fourth-order valence-corrected chi connectivity index (χ4v) is 5.92. The van der Waals surface area contributed by atoms with Crippen molar-refractivity contribution in [3.05, 3.63) is 59.8 Å². The second-order valence-electron chi connectivity index (χ2n) is 13.0. The van der Waals surface area contributed by atoms with Crippen molar-refractivity contribution < 1.29 is 24.0 Å². The van der Waals surface area contributed by atoms with Gasteiger partial charge in [0, 0.05) is 25.6 Å². The largest absolute Gasteiger partial charge is 0.344 e. The van der Waals surface area contributed by atoms with Crippen LogP contribution in [0.5, 0.6) is 0 Å². The summed E-state index contributed by atoms with van der Waals surface area (Å²) < 4.78 is 0. The fraction of sp³-hybridized carbons (Fsp3) is 0.515. The molecular weight excluding hydrogens is 546 g/mol. The number of hydrogen-bond acceptors (Lipinski definition) is 6. The smallest absolute Gasteiger partial charge is 0.261 e. The molecule has 10 nitrogen and oxygen atoms in total. The van der Waals surface area contributed by atoms with Gasteiger partial charge in [-0.05, 0) is 54.9 Å². The Morgan fingerprint density at radius 3 is 2.14 bits per heavy atom. The third-order valence-corrected chi connectivity index (χ3v) is 7.90. The number of amides is 5. The van der Waals surface area contributed by atoms with Crippen LogP contribution in [0.3, 0.4) is 0 Å². The van der Waals surface area contributed by atoms with Gasteiger partial charge in [-0.15, -0.1) is 0 Å². The topological polar surface area (TPSA) is 129 Å². The number of nitrogens with zero attached hydrogens (tertiary/aromatic N) is 3. The maximum Gasteiger partial charge on any atom is 0.261 e. The normalized spacial score (nSPS) is 18.5. The Morgan fingerprint density at radius 2 is 1.56 bits per heavy atom. The summed E-state index contributed by atoms with van der Waals surface area (Å²) in [5.74, 6) is -0.491. The summed E-state index contributed by atoms with van der Waals surface area (Å²) in [5, 5.41) is 5.75. The Hall–Kier alpha value is -4.08. The number of rotatable bonds is 13. The van der Waals surface area contributed by atoms with Gasteiger partial charge in [-0.1, -0.05) is 59.2 Å². The third-order valence-electron chi connectivity index (χ3n) is 7.90. The Bertz CT molecular complexity index is 1320. The fourth-order valence-electron chi connectivity index (χ4n) is 5.92. The van der Waals surface area contributed by atoms with Gasteiger partial charge >= 0.3 is 0 Å². The number of benzene rings is 1. The summed E-state index contributed by atoms with van der Waals surface area (Å²) in [6, 6.07) is 11.0. The van der Waals surface area contributed by atoms with E-state index in [1.807, 2.05) is 34.6 Å². The molecule has 2 aromatic rings. The molecule has 0 saturated carbocycles. The summed E-state index contributed by atoms with van der Waals surface area (Å²) in [7, 11) is 0. The number of nitrogens with one attached hydrogen (secondary N) is 2. The van der Waals surface area contributed by atoms with Crippen molar-refractivity contribution in [2.24, 2.45) is 11.3 Å². The Kier molecular flexibility index (Phi) is 9.98. The number of hydrogen-bond donors (Lipinski definition) is 2. The predicted octanol–water partition coefficient (Wildman–Crippen LogP) is 4.42. The Labute approximate surface area is 253 Å². The lowest BCUT2D eigenvalue weighted by molar-refractivity contribution is -0.133. The molecule has 2 N–H and O–H groups in total. The van der Waals surface area contributed by atoms with Gasteiger partial charge in [0.25, 0.3) is 11.8 Å². The van der Waals surface area contributed by atoms with Gasteiger partial charge in [0.2, 0.25) is 17.7 Å². The molecule has 10 heteroatoms. The molecule has 2 aliphatic rings. The van der Waals surface area contributed by atoms with Gasteiger partial charge in [0.1, 0.15) is 11.9 Å². The molecule has 1 aromatic heterocycles. The van der Waals surface area contributed by atoms with Crippen LogP contribution < -0.4 is 10.6 Å². The van der Waals surface area contributed by atoms with Crippen molar-refractivity contribution in [1.82, 2.24) is 20.1 Å². The van der Waals surface area contributed by atoms with Crippen molar-refractivity contribution in [1.29, 1.82) is 0 Å². The zero-order chi connectivity index (χ0) is 31.3. The maximum absolute atomic E-state index is 13.8. The first-order valence-electron chi connectivity index (χ1n) is 15.2. The number of pyridine rings is 1. The van der Waals surface area contributed by atoms with Gasteiger partial charge in [0.05, 0.1) is 23.2 Å². The zero-order valence-corrected chi connectivity index (χ0v) is 25.8. The molecule has 0 radical (unpaired) electrons. The first-order chi connectivity index (χ1) is 20.4. The van der Waals surface area contributed by atoms with E-state index in [-0.39, 0.29) is 65.8 Å². The van der Waals surface area contributed by atoms with Crippen molar-refractivity contribution in [2.45, 2.75) is 91.3 Å². The molecule has 230 valence electrons. The number of carbonyl (C=O) groups is 5. The molecule has 43 heavy (non-hydrogen) atoms. The van der Waals surface area contributed by atoms with E-state index in [9.17, 15) is 24.0 Å². The minimum Gasteiger partial charge on any atom is -0.344 e. The summed E-state index contributed by atoms with van der Waals surface area (Å²) in [5.41, 5.74) is 0.630. The number of carbonyl (C=O) groups excluding carboxylic acids is 5. The van der Waals surface area contributed by atoms with Gasteiger partial charge in [-0.2, -0.15) is 0 Å². The van der Waals surface area contributed by atoms with Crippen LogP contribution in [0.2, 0.25) is 0 Å². The van der Waals surface area contributed by atoms with Gasteiger partial charge in [0.15, 0.2) is 0 Å². The lowest BCUT2D eigenvalue weighted by Crippen LogP contribution is -2.45. The van der Waals surface area contributed by atoms with Gasteiger partial charge in [-0.3, -0.25) is 28.9 Å². The highest BCUT2D eigenvalue weighted by atomic mass is 16.2. The lowest BCUT2D eigenvalue weighted by atomic mass is 9.89. The van der Waals surface area contributed by atoms with Gasteiger partial charge < -0.3 is 15.5 Å². The van der Waals surface area contributed by atoms with Crippen LogP contribution >= 0.6 is 0 Å². The first-order valence-corrected chi connectivity index (χ1v) is 15.2. The zero-order valence-electron chi connectivity index (χ0n) is 25.8. The highest BCUT2D eigenvalue weighted by molar-refractivity contribution is 6.21. The molecule has 3 atom stereocenters. The number of unbranched alkanes of at least 4 members (excludes halogenated alkanes) is 2. The molecule has 1 aromatic carbocycles. The quantitative estimate of drug-likeness (QED) is 0.202. The van der Waals surface area contributed by atoms with Crippen molar-refractivity contribution in [3.8, 4) is 0 Å². The van der Waals surface area contributed by atoms with E-state index < -0.39 is 6.04 Å². The molecule has 0 spiro atoms. The average Bonchev–Trinajstić information content (AvgIpc) is 3.62. The monoisotopic (exact) mass is 589 g/mol. The molecule has 5 amide bonds. The molecule has 2 aliphatic heterocycles. The molecule has 1 fully saturated rings. The summed E-state index contributed by atoms with van der Waals surface area (Å²) >= 11 is 0. The first kappa shape index (κ1) is 31.8. The van der Waals surface area contributed by atoms with E-state index in [1.165, 1.54) is 4.90 Å². The molecule has 1 saturated heterocycles. The highest BCUT2D eigenvalue weighted by Gasteiger charge is 2.58. The van der Waals surface area contributed by atoms with Crippen LogP contribution in [0, 0.1) is 11.3 Å². The standard InChI is InChI=1S/C33H43N5O5/c1-21(2)19-24(32(43)38-25(29(38)33(3,4)5)20-28(40)36-26-15-10-11-17-34-26)35-27(39)16-7-6-12-18-37-30(41)22-13-8-9-14-23(22)31(37)42/h8-11,13-15,17,21,24-25,29H,6-7,12,16,18-20H2,1-5H3,(H,35,39)(H,34,36,40). The van der Waals surface area contributed by atoms with Crippen LogP contribution in [-0.2, 0) is 14.4 Å². The molecular formula is C33H43N5O5. The highest BCUT2D eigenvalue weighted by Crippen LogP contribution is 2.44. The van der Waals surface area contributed by atoms with Crippen LogP contribution in [0.1, 0.15) is 93.9 Å². The van der Waals surface area contributed by atoms with Crippen LogP contribution in [-0.4, -0.2) is 69.0 Å². The second kappa shape index (κ2) is 13.5. The number of fused-ring (bicyclic) bond motifs is 1. The van der Waals surface area contributed by atoms with E-state index in [0.717, 1.165) is 0 Å². The van der Waals surface area contributed by atoms with Crippen molar-refractivity contribution in [2.75, 3.05) is 11.9 Å². The minimum absolute atomic E-state index is 0.122. The Balaban J connectivity index is 1.28. The predicted molar refractivity (Wildman–Crippen MR) is 163 cm³/mol. The SMILES string of the molecule is CC(C)CC(NC(=O)CCCCCN1C(=O)c2ccccc2C1=O)C(=O)N1C(CC(=O)Nc2ccccn2)C1C(C)(C)C. The van der Waals surface area contributed by atoms with Crippen molar-refractivity contribution >= 4 is 35.4 Å². The minimum atomic E-state index is -0.681. The molecule has 0 aliphatic carbocycles. The molecule has 4 rings (SSSR count). The van der Waals surface area contributed by atoms with Crippen LogP contribution in [0.25, 0.3) is 0 Å². The number of aromatic nitrogens is 1. The van der Waals surface area contributed by atoms with E-state index >= 15 is 0 Å². The number of anilines is 1. The van der Waals surface area contributed by atoms with Crippen LogP contribution in [0.15, 0.2) is 48.7 Å². The van der Waals surface area contributed by atoms with Crippen LogP contribution in [0.4, 0.5) is 5.82 Å². The van der Waals surface area contributed by atoms with E-state index in [4.69, 9.17) is 0 Å². The van der Waals surface area contributed by atoms with E-state index in [0.29, 0.717) is 49.2 Å². The molecule has 3 unspecified atom stereocenters. The Morgan fingerprint density at radius 1 is 0.907 bits per heavy atom. The third kappa shape index (κ3) is 7.86. The van der Waals surface area contributed by atoms with Crippen molar-refractivity contribution in [3.63, 3.8) is 0 Å². The molecule has 3 heterocycles. The molecule has 0 bridgehead atoms. The number of imide groups is 1. The van der Waals surface area contributed by atoms with E-state index in [1.54, 1.807) is 53.6 Å². The lowest BCUT2D eigenvalue weighted by Gasteiger charge is -2.23. The summed E-state index contributed by atoms with van der Waals surface area (Å²) in [4.78, 5) is 71.7. The summed E-state index contributed by atoms with van der Waals surface area (Å²) in [6.07, 6.45) is 4.31. The van der Waals surface area contributed by atoms with E-state index in [2.05, 4.69) is 15.6 Å². The average molecular weight is 590 g/mol. The maximum atomic E-state index is 13.8. The summed E-state index contributed by atoms with van der Waals surface area (Å²) in [6.45, 7) is 10.5. The second-order valence-corrected chi connectivity index (χ2v) is 13.0.